The first-order valence-electron chi connectivity index (χ1n) is 2.45. The van der Waals surface area contributed by atoms with E-state index in [1.807, 2.05) is 20.8 Å². The minimum Gasteiger partial charge on any atom is -0.393 e. The van der Waals surface area contributed by atoms with Gasteiger partial charge in [-0.15, -0.1) is 0 Å². The van der Waals surface area contributed by atoms with Crippen LogP contribution in [-0.2, 0) is 11.8 Å². The van der Waals surface area contributed by atoms with Crippen molar-refractivity contribution in [3.63, 3.8) is 0 Å². The molecule has 0 rings (SSSR count). The Morgan fingerprint density at radius 2 is 1.44 bits per heavy atom. The van der Waals surface area contributed by atoms with Crippen LogP contribution in [-0.4, -0.2) is 4.99 Å². The summed E-state index contributed by atoms with van der Waals surface area (Å²) in [5, 5.41) is 0. The summed E-state index contributed by atoms with van der Waals surface area (Å²) in [6.07, 6.45) is 0. The summed E-state index contributed by atoms with van der Waals surface area (Å²) in [6, 6.07) is 0. The quantitative estimate of drug-likeness (QED) is 0.456. The van der Waals surface area contributed by atoms with Gasteiger partial charge in [0, 0.05) is 5.41 Å². The van der Waals surface area contributed by atoms with E-state index in [1.54, 1.807) is 0 Å². The van der Waals surface area contributed by atoms with Gasteiger partial charge in [0.25, 0.3) is 0 Å². The van der Waals surface area contributed by atoms with Gasteiger partial charge in [0.15, 0.2) is 0 Å². The van der Waals surface area contributed by atoms with Crippen LogP contribution in [0.25, 0.3) is 0 Å². The summed E-state index contributed by atoms with van der Waals surface area (Å²) in [7, 11) is 2.56. The standard InChI is InChI=1S/C5H11NS.HPS/c1-5(2,3)4(6)7;1-2/h1-3H3,(H2,6,7);1H. The Labute approximate surface area is 69.3 Å². The van der Waals surface area contributed by atoms with Gasteiger partial charge in [0.1, 0.15) is 0 Å². The van der Waals surface area contributed by atoms with Gasteiger partial charge in [-0.25, -0.2) is 0 Å². The molecular weight excluding hydrogens is 169 g/mol. The van der Waals surface area contributed by atoms with Crippen molar-refractivity contribution in [1.82, 2.24) is 0 Å². The Morgan fingerprint density at radius 1 is 1.33 bits per heavy atom. The van der Waals surface area contributed by atoms with Crippen molar-refractivity contribution in [3.8, 4) is 0 Å². The van der Waals surface area contributed by atoms with Crippen LogP contribution in [0.3, 0.4) is 0 Å². The summed E-state index contributed by atoms with van der Waals surface area (Å²) in [6.45, 7) is 5.99. The maximum atomic E-state index is 5.30. The van der Waals surface area contributed by atoms with Crippen LogP contribution in [0.15, 0.2) is 0 Å². The molecule has 0 saturated carbocycles. The molecule has 0 unspecified atom stereocenters. The molecule has 0 fully saturated rings. The van der Waals surface area contributed by atoms with E-state index in [1.165, 1.54) is 0 Å². The topological polar surface area (TPSA) is 26.0 Å². The molecule has 0 spiro atoms. The average molecular weight is 181 g/mol. The lowest BCUT2D eigenvalue weighted by molar-refractivity contribution is 0.595. The first-order chi connectivity index (χ1) is 3.94. The van der Waals surface area contributed by atoms with Crippen LogP contribution in [0.4, 0.5) is 0 Å². The van der Waals surface area contributed by atoms with Crippen LogP contribution in [0.2, 0.25) is 0 Å². The second-order valence-corrected chi connectivity index (χ2v) is 3.05. The Morgan fingerprint density at radius 3 is 1.44 bits per heavy atom. The van der Waals surface area contributed by atoms with Crippen molar-refractivity contribution in [1.29, 1.82) is 0 Å². The molecule has 0 bridgehead atoms. The smallest absolute Gasteiger partial charge is 0.0781 e. The fourth-order valence-corrected chi connectivity index (χ4v) is 0. The van der Waals surface area contributed by atoms with Gasteiger partial charge >= 0.3 is 0 Å². The number of thiocarbonyl (C=S) groups is 1. The maximum Gasteiger partial charge on any atom is 0.0781 e. The monoisotopic (exact) mass is 181 g/mol. The van der Waals surface area contributed by atoms with Crippen LogP contribution in [0.5, 0.6) is 0 Å². The zero-order chi connectivity index (χ0) is 8.08. The fraction of sp³-hybridized carbons (Fsp3) is 0.800. The molecule has 0 aromatic heterocycles. The Bertz CT molecular complexity index is 97.6. The van der Waals surface area contributed by atoms with Crippen molar-refractivity contribution in [2.24, 2.45) is 11.1 Å². The molecule has 0 aliphatic heterocycles. The molecule has 0 aliphatic carbocycles. The average Bonchev–Trinajstić information content (AvgIpc) is 1.69. The van der Waals surface area contributed by atoms with Gasteiger partial charge in [-0.05, 0) is 8.02 Å². The highest BCUT2D eigenvalue weighted by Gasteiger charge is 2.11. The molecule has 54 valence electrons. The highest BCUT2D eigenvalue weighted by molar-refractivity contribution is 7.88. The van der Waals surface area contributed by atoms with Crippen LogP contribution >= 0.6 is 20.2 Å². The molecule has 0 atom stereocenters. The number of hydrogen-bond acceptors (Lipinski definition) is 2. The van der Waals surface area contributed by atoms with Crippen molar-refractivity contribution in [2.75, 3.05) is 0 Å². The van der Waals surface area contributed by atoms with Gasteiger partial charge < -0.3 is 5.73 Å². The lowest BCUT2D eigenvalue weighted by atomic mass is 9.97. The van der Waals surface area contributed by atoms with Crippen molar-refractivity contribution < 1.29 is 0 Å². The zero-order valence-electron chi connectivity index (χ0n) is 5.89. The molecule has 2 N–H and O–H groups in total. The molecule has 4 heteroatoms. The minimum absolute atomic E-state index is 0.00926. The molecule has 0 amide bonds. The zero-order valence-corrected chi connectivity index (χ0v) is 8.53. The van der Waals surface area contributed by atoms with E-state index in [4.69, 9.17) is 18.0 Å². The number of nitrogens with two attached hydrogens (primary N) is 1. The van der Waals surface area contributed by atoms with E-state index >= 15 is 0 Å². The Balaban J connectivity index is 0. The van der Waals surface area contributed by atoms with Crippen molar-refractivity contribution in [2.45, 2.75) is 20.8 Å². The van der Waals surface area contributed by atoms with Crippen LogP contribution in [0, 0.1) is 5.41 Å². The van der Waals surface area contributed by atoms with Gasteiger partial charge in [0.05, 0.1) is 4.99 Å². The summed E-state index contributed by atoms with van der Waals surface area (Å²) < 4.78 is 0. The molecule has 1 nitrogen and oxygen atoms in total. The highest BCUT2D eigenvalue weighted by atomic mass is 32.4. The van der Waals surface area contributed by atoms with E-state index < -0.39 is 0 Å². The van der Waals surface area contributed by atoms with Gasteiger partial charge in [-0.3, -0.25) is 0 Å². The first kappa shape index (κ1) is 12.1. The van der Waals surface area contributed by atoms with Gasteiger partial charge in [-0.1, -0.05) is 44.8 Å². The summed E-state index contributed by atoms with van der Waals surface area (Å²) in [5.41, 5.74) is 5.31. The summed E-state index contributed by atoms with van der Waals surface area (Å²) in [4.78, 5) is 0.576. The van der Waals surface area contributed by atoms with Crippen LogP contribution < -0.4 is 5.73 Å². The maximum absolute atomic E-state index is 5.30. The number of hydrogen-bond donors (Lipinski definition) is 1. The Hall–Kier alpha value is 0.410. The van der Waals surface area contributed by atoms with E-state index in [0.29, 0.717) is 4.99 Å². The molecule has 0 radical (unpaired) electrons. The third-order valence-corrected chi connectivity index (χ3v) is 1.35. The lowest BCUT2D eigenvalue weighted by Crippen LogP contribution is -2.25. The van der Waals surface area contributed by atoms with E-state index in [9.17, 15) is 0 Å². The SMILES string of the molecule is CC(C)(C)C(N)=S.P=S. The third-order valence-electron chi connectivity index (χ3n) is 0.739. The summed E-state index contributed by atoms with van der Waals surface area (Å²) in [5.74, 6) is 0. The normalized spacial score (nSPS) is 9.22. The molecule has 0 aromatic carbocycles. The van der Waals surface area contributed by atoms with Crippen LogP contribution in [0.1, 0.15) is 20.8 Å². The fourth-order valence-electron chi connectivity index (χ4n) is 0. The molecule has 9 heavy (non-hydrogen) atoms. The molecule has 0 saturated heterocycles. The van der Waals surface area contributed by atoms with Gasteiger partial charge in [0.2, 0.25) is 0 Å². The predicted octanol–water partition coefficient (Wildman–Crippen LogP) is 1.91. The second kappa shape index (κ2) is 5.21. The van der Waals surface area contributed by atoms with E-state index in [-0.39, 0.29) is 5.41 Å². The van der Waals surface area contributed by atoms with Gasteiger partial charge in [-0.2, -0.15) is 0 Å². The molecular formula is C5H12NPS2. The highest BCUT2D eigenvalue weighted by Crippen LogP contribution is 2.11. The van der Waals surface area contributed by atoms with Crippen molar-refractivity contribution in [3.05, 3.63) is 0 Å². The number of rotatable bonds is 0. The predicted molar refractivity (Wildman–Crippen MR) is 51.9 cm³/mol. The Kier molecular flexibility index (Phi) is 7.02. The molecule has 0 aliphatic rings. The second-order valence-electron chi connectivity index (χ2n) is 2.61. The minimum atomic E-state index is 0.00926. The third kappa shape index (κ3) is 8.41. The lowest BCUT2D eigenvalue weighted by Gasteiger charge is -2.14. The molecule has 0 aromatic rings. The van der Waals surface area contributed by atoms with E-state index in [2.05, 4.69) is 19.8 Å². The first-order valence-corrected chi connectivity index (χ1v) is 4.49. The largest absolute Gasteiger partial charge is 0.393 e. The van der Waals surface area contributed by atoms with Crippen molar-refractivity contribution >= 4 is 37.0 Å². The molecule has 0 heterocycles. The van der Waals surface area contributed by atoms with E-state index in [0.717, 1.165) is 0 Å². The summed E-state index contributed by atoms with van der Waals surface area (Å²) >= 11 is 8.60.